The number of nitrogens with one attached hydrogen (secondary N) is 1. The van der Waals surface area contributed by atoms with E-state index in [2.05, 4.69) is 10.4 Å². The Balaban J connectivity index is 2.01. The molecule has 0 fully saturated rings. The van der Waals surface area contributed by atoms with Crippen molar-refractivity contribution in [3.63, 3.8) is 0 Å². The zero-order valence-corrected chi connectivity index (χ0v) is 9.69. The largest absolute Gasteiger partial charge is 0.397 e. The van der Waals surface area contributed by atoms with Crippen LogP contribution < -0.4 is 11.1 Å². The third-order valence-electron chi connectivity index (χ3n) is 2.14. The summed E-state index contributed by atoms with van der Waals surface area (Å²) in [5, 5.41) is 7.11. The Morgan fingerprint density at radius 2 is 2.24 bits per heavy atom. The fraction of sp³-hybridized carbons (Fsp3) is 0.0909. The maximum Gasteiger partial charge on any atom is 0.246 e. The number of hydrogen-bond acceptors (Lipinski definition) is 3. The molecule has 88 valence electrons. The lowest BCUT2D eigenvalue weighted by atomic mass is 10.2. The van der Waals surface area contributed by atoms with E-state index in [1.807, 2.05) is 0 Å². The highest BCUT2D eigenvalue weighted by Crippen LogP contribution is 2.16. The molecule has 0 radical (unpaired) electrons. The first-order valence-electron chi connectivity index (χ1n) is 4.97. The quantitative estimate of drug-likeness (QED) is 0.816. The van der Waals surface area contributed by atoms with Gasteiger partial charge in [-0.15, -0.1) is 0 Å². The van der Waals surface area contributed by atoms with Crippen LogP contribution in [0.3, 0.4) is 0 Å². The molecule has 0 saturated heterocycles. The highest BCUT2D eigenvalue weighted by atomic mass is 35.5. The third kappa shape index (κ3) is 2.98. The number of halogens is 1. The van der Waals surface area contributed by atoms with Crippen molar-refractivity contribution < 1.29 is 4.79 Å². The number of nitrogens with two attached hydrogens (primary N) is 1. The molecule has 17 heavy (non-hydrogen) atoms. The van der Waals surface area contributed by atoms with E-state index in [-0.39, 0.29) is 12.5 Å². The summed E-state index contributed by atoms with van der Waals surface area (Å²) in [6.07, 6.45) is 3.06. The second-order valence-corrected chi connectivity index (χ2v) is 3.93. The number of amides is 1. The molecule has 1 amide bonds. The molecule has 1 aromatic carbocycles. The number of para-hydroxylation sites is 2. The van der Waals surface area contributed by atoms with Gasteiger partial charge in [0.1, 0.15) is 6.54 Å². The molecule has 6 heteroatoms. The molecule has 0 aliphatic heterocycles. The lowest BCUT2D eigenvalue weighted by Crippen LogP contribution is -2.19. The molecule has 0 aliphatic rings. The number of carbonyl (C=O) groups excluding carboxylic acids is 1. The summed E-state index contributed by atoms with van der Waals surface area (Å²) in [6, 6.07) is 7.07. The number of benzene rings is 1. The zero-order chi connectivity index (χ0) is 12.3. The summed E-state index contributed by atoms with van der Waals surface area (Å²) in [4.78, 5) is 11.7. The van der Waals surface area contributed by atoms with E-state index >= 15 is 0 Å². The minimum atomic E-state index is -0.206. The molecule has 3 N–H and O–H groups in total. The Bertz CT molecular complexity index is 538. The number of carbonyl (C=O) groups is 1. The van der Waals surface area contributed by atoms with Gasteiger partial charge < -0.3 is 11.1 Å². The lowest BCUT2D eigenvalue weighted by molar-refractivity contribution is -0.116. The van der Waals surface area contributed by atoms with E-state index in [4.69, 9.17) is 17.3 Å². The van der Waals surface area contributed by atoms with E-state index in [0.29, 0.717) is 16.4 Å². The van der Waals surface area contributed by atoms with Crippen LogP contribution in [0.4, 0.5) is 11.4 Å². The molecule has 0 aliphatic carbocycles. The Kier molecular flexibility index (Phi) is 3.30. The van der Waals surface area contributed by atoms with E-state index in [0.717, 1.165) is 0 Å². The van der Waals surface area contributed by atoms with Crippen LogP contribution in [-0.4, -0.2) is 15.7 Å². The maximum atomic E-state index is 11.7. The Labute approximate surface area is 103 Å². The number of nitrogen functional groups attached to an aromatic ring is 1. The fourth-order valence-corrected chi connectivity index (χ4v) is 1.53. The molecule has 0 spiro atoms. The van der Waals surface area contributed by atoms with Gasteiger partial charge in [0.25, 0.3) is 0 Å². The molecular weight excluding hydrogens is 240 g/mol. The van der Waals surface area contributed by atoms with Crippen LogP contribution in [0.5, 0.6) is 0 Å². The lowest BCUT2D eigenvalue weighted by Gasteiger charge is -2.07. The minimum Gasteiger partial charge on any atom is -0.397 e. The number of rotatable bonds is 3. The standard InChI is InChI=1S/C11H11ClN4O/c12-8-5-14-16(6-8)7-11(17)15-10-4-2-1-3-9(10)13/h1-6H,7,13H2,(H,15,17). The summed E-state index contributed by atoms with van der Waals surface area (Å²) in [6.45, 7) is 0.0983. The van der Waals surface area contributed by atoms with Crippen molar-refractivity contribution >= 4 is 28.9 Å². The highest BCUT2D eigenvalue weighted by molar-refractivity contribution is 6.30. The van der Waals surface area contributed by atoms with Gasteiger partial charge in [0.05, 0.1) is 22.6 Å². The van der Waals surface area contributed by atoms with E-state index in [1.54, 1.807) is 30.5 Å². The highest BCUT2D eigenvalue weighted by Gasteiger charge is 2.06. The molecule has 0 unspecified atom stereocenters. The first kappa shape index (κ1) is 11.5. The Hall–Kier alpha value is -2.01. The van der Waals surface area contributed by atoms with Crippen LogP contribution in [0.15, 0.2) is 36.7 Å². The predicted molar refractivity (Wildman–Crippen MR) is 66.7 cm³/mol. The number of anilines is 2. The van der Waals surface area contributed by atoms with Gasteiger partial charge >= 0.3 is 0 Å². The Morgan fingerprint density at radius 1 is 1.47 bits per heavy atom. The second kappa shape index (κ2) is 4.88. The van der Waals surface area contributed by atoms with Crippen LogP contribution in [0.1, 0.15) is 0 Å². The van der Waals surface area contributed by atoms with Crippen LogP contribution in [0.25, 0.3) is 0 Å². The summed E-state index contributed by atoms with van der Waals surface area (Å²) >= 11 is 5.69. The molecular formula is C11H11ClN4O. The number of nitrogens with zero attached hydrogens (tertiary/aromatic N) is 2. The first-order chi connectivity index (χ1) is 8.15. The van der Waals surface area contributed by atoms with Gasteiger partial charge in [0, 0.05) is 6.20 Å². The summed E-state index contributed by atoms with van der Waals surface area (Å²) in [5.41, 5.74) is 6.83. The summed E-state index contributed by atoms with van der Waals surface area (Å²) in [5.74, 6) is -0.206. The van der Waals surface area contributed by atoms with Crippen LogP contribution in [-0.2, 0) is 11.3 Å². The van der Waals surface area contributed by atoms with Crippen molar-refractivity contribution in [1.29, 1.82) is 0 Å². The summed E-state index contributed by atoms with van der Waals surface area (Å²) in [7, 11) is 0. The monoisotopic (exact) mass is 250 g/mol. The average Bonchev–Trinajstić information content (AvgIpc) is 2.67. The molecule has 0 bridgehead atoms. The van der Waals surface area contributed by atoms with Crippen molar-refractivity contribution in [2.24, 2.45) is 0 Å². The average molecular weight is 251 g/mol. The van der Waals surface area contributed by atoms with Crippen molar-refractivity contribution in [3.8, 4) is 0 Å². The van der Waals surface area contributed by atoms with Gasteiger partial charge in [-0.05, 0) is 12.1 Å². The van der Waals surface area contributed by atoms with E-state index < -0.39 is 0 Å². The molecule has 0 saturated carbocycles. The van der Waals surface area contributed by atoms with Crippen molar-refractivity contribution in [1.82, 2.24) is 9.78 Å². The normalized spacial score (nSPS) is 10.2. The molecule has 1 aromatic heterocycles. The van der Waals surface area contributed by atoms with Crippen molar-refractivity contribution in [2.45, 2.75) is 6.54 Å². The predicted octanol–water partition coefficient (Wildman–Crippen LogP) is 1.76. The summed E-state index contributed by atoms with van der Waals surface area (Å²) < 4.78 is 1.46. The SMILES string of the molecule is Nc1ccccc1NC(=O)Cn1cc(Cl)cn1. The smallest absolute Gasteiger partial charge is 0.246 e. The molecule has 1 heterocycles. The third-order valence-corrected chi connectivity index (χ3v) is 2.34. The number of hydrogen-bond donors (Lipinski definition) is 2. The van der Waals surface area contributed by atoms with Crippen LogP contribution in [0.2, 0.25) is 5.02 Å². The molecule has 2 aromatic rings. The fourth-order valence-electron chi connectivity index (χ4n) is 1.37. The van der Waals surface area contributed by atoms with Gasteiger partial charge in [-0.2, -0.15) is 5.10 Å². The van der Waals surface area contributed by atoms with Gasteiger partial charge in [-0.3, -0.25) is 9.48 Å². The number of aromatic nitrogens is 2. The van der Waals surface area contributed by atoms with E-state index in [9.17, 15) is 4.79 Å². The maximum absolute atomic E-state index is 11.7. The van der Waals surface area contributed by atoms with Gasteiger partial charge in [0.2, 0.25) is 5.91 Å². The van der Waals surface area contributed by atoms with Crippen LogP contribution >= 0.6 is 11.6 Å². The second-order valence-electron chi connectivity index (χ2n) is 3.49. The first-order valence-corrected chi connectivity index (χ1v) is 5.35. The minimum absolute atomic E-state index is 0.0983. The van der Waals surface area contributed by atoms with Gasteiger partial charge in [-0.25, -0.2) is 0 Å². The van der Waals surface area contributed by atoms with Crippen LogP contribution in [0, 0.1) is 0 Å². The molecule has 2 rings (SSSR count). The van der Waals surface area contributed by atoms with Gasteiger partial charge in [-0.1, -0.05) is 23.7 Å². The zero-order valence-electron chi connectivity index (χ0n) is 8.93. The van der Waals surface area contributed by atoms with Gasteiger partial charge in [0.15, 0.2) is 0 Å². The molecule has 5 nitrogen and oxygen atoms in total. The topological polar surface area (TPSA) is 72.9 Å². The van der Waals surface area contributed by atoms with Crippen molar-refractivity contribution in [2.75, 3.05) is 11.1 Å². The Morgan fingerprint density at radius 3 is 2.88 bits per heavy atom. The molecule has 0 atom stereocenters. The van der Waals surface area contributed by atoms with E-state index in [1.165, 1.54) is 10.9 Å². The van der Waals surface area contributed by atoms with Crippen molar-refractivity contribution in [3.05, 3.63) is 41.7 Å².